The molecule has 13 nitrogen and oxygen atoms in total. The van der Waals surface area contributed by atoms with E-state index < -0.39 is 59.1 Å². The quantitative estimate of drug-likeness (QED) is 0.428. The minimum Gasteiger partial charge on any atom is -0.497 e. The third-order valence-corrected chi connectivity index (χ3v) is 7.93. The monoisotopic (exact) mass is 610 g/mol. The molecule has 5 rings (SSSR count). The summed E-state index contributed by atoms with van der Waals surface area (Å²) in [6.45, 7) is 5.43. The Hall–Kier alpha value is -4.39. The Labute approximate surface area is 254 Å². The predicted octanol–water partition coefficient (Wildman–Crippen LogP) is 2.42. The molecule has 2 aliphatic heterocycles. The highest BCUT2D eigenvalue weighted by Crippen LogP contribution is 2.45. The summed E-state index contributed by atoms with van der Waals surface area (Å²) in [5.74, 6) is -1.72. The van der Waals surface area contributed by atoms with E-state index in [4.69, 9.17) is 18.9 Å². The minimum atomic E-state index is -1.48. The standard InChI is InChI=1S/C31H38N4O9/c1-30(2,3)44-29(40)33-23-10-13-42-12-5-6-19-16-31(19,28(38)39)34-25(36)24-15-21(17-35(24)27(23)37)43-26-22-8-7-20(41-4)14-18(22)9-11-32-26/h5-9,11,14,19,21,23-24H,10,12-13,15-17H2,1-4H3,(H,33,40)(H,34,36)(H,38,39)/t19-,21-,23+,24+,31-/m1/s1. The average molecular weight is 611 g/mol. The van der Waals surface area contributed by atoms with Crippen LogP contribution in [0.25, 0.3) is 10.8 Å². The van der Waals surface area contributed by atoms with E-state index in [2.05, 4.69) is 15.6 Å². The van der Waals surface area contributed by atoms with Gasteiger partial charge in [0.2, 0.25) is 17.7 Å². The van der Waals surface area contributed by atoms with Crippen molar-refractivity contribution in [1.82, 2.24) is 20.5 Å². The van der Waals surface area contributed by atoms with Gasteiger partial charge in [-0.15, -0.1) is 0 Å². The molecule has 0 radical (unpaired) electrons. The molecule has 3 aliphatic rings. The molecule has 3 heterocycles. The van der Waals surface area contributed by atoms with Crippen LogP contribution in [0, 0.1) is 5.92 Å². The number of hydrogen-bond donors (Lipinski definition) is 3. The first-order valence-corrected chi connectivity index (χ1v) is 14.6. The van der Waals surface area contributed by atoms with Crippen LogP contribution < -0.4 is 20.1 Å². The molecule has 1 aromatic carbocycles. The molecule has 0 unspecified atom stereocenters. The molecule has 13 heteroatoms. The summed E-state index contributed by atoms with van der Waals surface area (Å²) in [6.07, 6.45) is 4.00. The van der Waals surface area contributed by atoms with E-state index in [1.807, 2.05) is 18.2 Å². The number of nitrogens with one attached hydrogen (secondary N) is 2. The summed E-state index contributed by atoms with van der Waals surface area (Å²) in [7, 11) is 1.57. The van der Waals surface area contributed by atoms with E-state index in [1.54, 1.807) is 52.3 Å². The van der Waals surface area contributed by atoms with Gasteiger partial charge in [-0.2, -0.15) is 0 Å². The normalized spacial score (nSPS) is 27.4. The van der Waals surface area contributed by atoms with Crippen molar-refractivity contribution >= 4 is 34.6 Å². The zero-order valence-corrected chi connectivity index (χ0v) is 25.2. The molecule has 2 aromatic rings. The van der Waals surface area contributed by atoms with Gasteiger partial charge in [0.1, 0.15) is 35.1 Å². The van der Waals surface area contributed by atoms with E-state index in [-0.39, 0.29) is 39.0 Å². The molecule has 1 aliphatic carbocycles. The van der Waals surface area contributed by atoms with E-state index in [9.17, 15) is 24.3 Å². The highest BCUT2D eigenvalue weighted by atomic mass is 16.6. The Balaban J connectivity index is 1.44. The zero-order valence-electron chi connectivity index (χ0n) is 25.2. The molecular weight excluding hydrogens is 572 g/mol. The molecule has 0 spiro atoms. The predicted molar refractivity (Wildman–Crippen MR) is 157 cm³/mol. The molecule has 0 bridgehead atoms. The largest absolute Gasteiger partial charge is 0.497 e. The summed E-state index contributed by atoms with van der Waals surface area (Å²) >= 11 is 0. The number of aromatic nitrogens is 1. The number of aliphatic carboxylic acids is 1. The van der Waals surface area contributed by atoms with Crippen LogP contribution >= 0.6 is 0 Å². The number of pyridine rings is 1. The number of carbonyl (C=O) groups is 4. The Morgan fingerprint density at radius 2 is 2.02 bits per heavy atom. The Morgan fingerprint density at radius 3 is 2.75 bits per heavy atom. The van der Waals surface area contributed by atoms with Gasteiger partial charge in [0.15, 0.2) is 0 Å². The van der Waals surface area contributed by atoms with Crippen LogP contribution in [0.1, 0.15) is 40.0 Å². The minimum absolute atomic E-state index is 0.00189. The summed E-state index contributed by atoms with van der Waals surface area (Å²) in [5, 5.41) is 16.9. The van der Waals surface area contributed by atoms with E-state index >= 15 is 0 Å². The molecule has 236 valence electrons. The van der Waals surface area contributed by atoms with Crippen LogP contribution in [0.2, 0.25) is 0 Å². The van der Waals surface area contributed by atoms with Gasteiger partial charge < -0.3 is 39.6 Å². The first kappa shape index (κ1) is 31.0. The molecule has 2 fully saturated rings. The lowest BCUT2D eigenvalue weighted by Gasteiger charge is -2.30. The van der Waals surface area contributed by atoms with E-state index in [0.29, 0.717) is 11.6 Å². The van der Waals surface area contributed by atoms with E-state index in [1.165, 1.54) is 4.90 Å². The fourth-order valence-corrected chi connectivity index (χ4v) is 5.63. The number of hydrogen-bond acceptors (Lipinski definition) is 9. The topological polar surface area (TPSA) is 166 Å². The lowest BCUT2D eigenvalue weighted by atomic mass is 10.1. The van der Waals surface area contributed by atoms with Gasteiger partial charge >= 0.3 is 12.1 Å². The average Bonchev–Trinajstić information content (AvgIpc) is 3.50. The maximum atomic E-state index is 14.0. The Bertz CT molecular complexity index is 1470. The summed E-state index contributed by atoms with van der Waals surface area (Å²) in [4.78, 5) is 58.5. The fourth-order valence-electron chi connectivity index (χ4n) is 5.63. The maximum absolute atomic E-state index is 14.0. The van der Waals surface area contributed by atoms with E-state index in [0.717, 1.165) is 10.8 Å². The molecule has 3 amide bonds. The third kappa shape index (κ3) is 6.72. The van der Waals surface area contributed by atoms with Crippen molar-refractivity contribution in [1.29, 1.82) is 0 Å². The van der Waals surface area contributed by atoms with Crippen molar-refractivity contribution in [2.45, 2.75) is 69.4 Å². The number of methoxy groups -OCH3 is 1. The van der Waals surface area contributed by atoms with Gasteiger partial charge in [0.25, 0.3) is 0 Å². The first-order chi connectivity index (χ1) is 20.9. The number of amides is 3. The van der Waals surface area contributed by atoms with Crippen LogP contribution in [-0.4, -0.2) is 95.1 Å². The van der Waals surface area contributed by atoms with Crippen molar-refractivity contribution < 1.29 is 43.2 Å². The molecule has 3 N–H and O–H groups in total. The van der Waals surface area contributed by atoms with Crippen LogP contribution in [0.4, 0.5) is 4.79 Å². The zero-order chi connectivity index (χ0) is 31.6. The lowest BCUT2D eigenvalue weighted by molar-refractivity contribution is -0.145. The lowest BCUT2D eigenvalue weighted by Crippen LogP contribution is -2.56. The number of fused-ring (bicyclic) bond motifs is 3. The molecular formula is C31H38N4O9. The van der Waals surface area contributed by atoms with Gasteiger partial charge in [-0.05, 0) is 56.8 Å². The smallest absolute Gasteiger partial charge is 0.408 e. The second kappa shape index (κ2) is 12.3. The molecule has 1 saturated heterocycles. The maximum Gasteiger partial charge on any atom is 0.408 e. The van der Waals surface area contributed by atoms with Crippen molar-refractivity contribution in [2.75, 3.05) is 26.9 Å². The fraction of sp³-hybridized carbons (Fsp3) is 0.516. The number of benzene rings is 1. The van der Waals surface area contributed by atoms with Gasteiger partial charge in [-0.3, -0.25) is 9.59 Å². The first-order valence-electron chi connectivity index (χ1n) is 14.6. The van der Waals surface area contributed by atoms with Gasteiger partial charge in [-0.25, -0.2) is 14.6 Å². The Kier molecular flexibility index (Phi) is 8.69. The Morgan fingerprint density at radius 1 is 1.23 bits per heavy atom. The molecule has 44 heavy (non-hydrogen) atoms. The number of nitrogens with zero attached hydrogens (tertiary/aromatic N) is 2. The second-order valence-corrected chi connectivity index (χ2v) is 12.3. The van der Waals surface area contributed by atoms with Gasteiger partial charge in [0.05, 0.1) is 20.3 Å². The summed E-state index contributed by atoms with van der Waals surface area (Å²) in [6, 6.07) is 5.13. The van der Waals surface area contributed by atoms with Crippen molar-refractivity contribution in [3.05, 3.63) is 42.6 Å². The van der Waals surface area contributed by atoms with Crippen molar-refractivity contribution in [3.63, 3.8) is 0 Å². The summed E-state index contributed by atoms with van der Waals surface area (Å²) < 4.78 is 22.7. The second-order valence-electron chi connectivity index (χ2n) is 12.3. The van der Waals surface area contributed by atoms with Crippen LogP contribution in [0.3, 0.4) is 0 Å². The van der Waals surface area contributed by atoms with Gasteiger partial charge in [-0.1, -0.05) is 12.2 Å². The van der Waals surface area contributed by atoms with Crippen molar-refractivity contribution in [2.24, 2.45) is 5.92 Å². The van der Waals surface area contributed by atoms with Crippen molar-refractivity contribution in [3.8, 4) is 11.6 Å². The molecule has 5 atom stereocenters. The number of rotatable bonds is 5. The van der Waals surface area contributed by atoms with Crippen LogP contribution in [0.5, 0.6) is 11.6 Å². The molecule has 1 aromatic heterocycles. The molecule has 1 saturated carbocycles. The van der Waals surface area contributed by atoms with Crippen LogP contribution in [0.15, 0.2) is 42.6 Å². The third-order valence-electron chi connectivity index (χ3n) is 7.93. The number of carboxylic acid groups (broad SMARTS) is 1. The van der Waals surface area contributed by atoms with Gasteiger partial charge in [0, 0.05) is 36.9 Å². The number of alkyl carbamates (subject to hydrolysis) is 1. The highest BCUT2D eigenvalue weighted by Gasteiger charge is 2.61. The number of ether oxygens (including phenoxy) is 4. The number of carboxylic acids is 1. The summed E-state index contributed by atoms with van der Waals surface area (Å²) in [5.41, 5.74) is -2.28. The highest BCUT2D eigenvalue weighted by molar-refractivity contribution is 5.96. The number of carbonyl (C=O) groups excluding carboxylic acids is 3. The SMILES string of the molecule is COc1ccc2c(O[C@@H]3C[C@H]4C(=O)N[C@]5(C(=O)O)C[C@H]5C=CCOCC[C@H](NC(=O)OC(C)(C)C)C(=O)N4C3)nccc2c1. The van der Waals surface area contributed by atoms with Crippen LogP contribution in [-0.2, 0) is 23.9 Å².